The highest BCUT2D eigenvalue weighted by Gasteiger charge is 2.40. The van der Waals surface area contributed by atoms with E-state index in [2.05, 4.69) is 20.9 Å². The van der Waals surface area contributed by atoms with Crippen LogP contribution >= 0.6 is 15.9 Å². The highest BCUT2D eigenvalue weighted by Crippen LogP contribution is 2.29. The fourth-order valence-electron chi connectivity index (χ4n) is 2.51. The molecule has 3 amide bonds. The first-order valence-electron chi connectivity index (χ1n) is 6.87. The van der Waals surface area contributed by atoms with Crippen molar-refractivity contribution in [3.8, 4) is 0 Å². The van der Waals surface area contributed by atoms with Gasteiger partial charge in [0.15, 0.2) is 0 Å². The monoisotopic (exact) mass is 359 g/mol. The van der Waals surface area contributed by atoms with Crippen LogP contribution < -0.4 is 4.90 Å². The van der Waals surface area contributed by atoms with E-state index in [1.807, 2.05) is 37.3 Å². The molecule has 1 aromatic heterocycles. The van der Waals surface area contributed by atoms with Gasteiger partial charge in [-0.1, -0.05) is 30.3 Å². The lowest BCUT2D eigenvalue weighted by atomic mass is 10.1. The number of carbonyl (C=O) groups excluding carboxylic acids is 2. The molecule has 6 heteroatoms. The Morgan fingerprint density at radius 2 is 1.91 bits per heavy atom. The third-order valence-electron chi connectivity index (χ3n) is 3.69. The number of amides is 3. The van der Waals surface area contributed by atoms with E-state index in [4.69, 9.17) is 0 Å². The summed E-state index contributed by atoms with van der Waals surface area (Å²) in [6, 6.07) is 10.9. The summed E-state index contributed by atoms with van der Waals surface area (Å²) in [4.78, 5) is 31.7. The van der Waals surface area contributed by atoms with Gasteiger partial charge < -0.3 is 4.90 Å². The number of aromatic nitrogens is 1. The molecule has 0 N–H and O–H groups in total. The number of halogens is 1. The summed E-state index contributed by atoms with van der Waals surface area (Å²) in [5, 5.41) is 0. The zero-order valence-corrected chi connectivity index (χ0v) is 13.5. The van der Waals surface area contributed by atoms with Crippen molar-refractivity contribution in [2.24, 2.45) is 0 Å². The Bertz CT molecular complexity index is 720. The molecule has 1 aliphatic heterocycles. The summed E-state index contributed by atoms with van der Waals surface area (Å²) >= 11 is 3.30. The maximum atomic E-state index is 12.6. The Morgan fingerprint density at radius 3 is 2.59 bits per heavy atom. The van der Waals surface area contributed by atoms with Crippen molar-refractivity contribution in [1.29, 1.82) is 0 Å². The molecule has 0 bridgehead atoms. The molecule has 5 nitrogen and oxygen atoms in total. The zero-order valence-electron chi connectivity index (χ0n) is 11.9. The van der Waals surface area contributed by atoms with E-state index in [0.29, 0.717) is 5.69 Å². The van der Waals surface area contributed by atoms with Crippen molar-refractivity contribution in [3.63, 3.8) is 0 Å². The fraction of sp³-hybridized carbons (Fsp3) is 0.188. The number of nitrogens with zero attached hydrogens (tertiary/aromatic N) is 3. The minimum Gasteiger partial charge on any atom is -0.308 e. The molecule has 1 aliphatic rings. The average Bonchev–Trinajstić information content (AvgIpc) is 2.82. The highest BCUT2D eigenvalue weighted by atomic mass is 79.9. The van der Waals surface area contributed by atoms with E-state index >= 15 is 0 Å². The van der Waals surface area contributed by atoms with Gasteiger partial charge >= 0.3 is 6.03 Å². The van der Waals surface area contributed by atoms with Gasteiger partial charge in [-0.25, -0.2) is 9.69 Å². The molecule has 2 aromatic rings. The van der Waals surface area contributed by atoms with Gasteiger partial charge in [0.25, 0.3) is 5.91 Å². The number of anilines is 1. The summed E-state index contributed by atoms with van der Waals surface area (Å²) in [7, 11) is 0. The Kier molecular flexibility index (Phi) is 3.94. The van der Waals surface area contributed by atoms with Gasteiger partial charge in [0.05, 0.1) is 17.9 Å². The average molecular weight is 360 g/mol. The third-order valence-corrected chi connectivity index (χ3v) is 4.12. The molecule has 1 fully saturated rings. The smallest absolute Gasteiger partial charge is 0.308 e. The lowest BCUT2D eigenvalue weighted by Crippen LogP contribution is -2.34. The van der Waals surface area contributed by atoms with Crippen LogP contribution in [0.5, 0.6) is 0 Å². The summed E-state index contributed by atoms with van der Waals surface area (Å²) in [6.07, 6.45) is 3.12. The maximum Gasteiger partial charge on any atom is 0.332 e. The first-order chi connectivity index (χ1) is 10.6. The van der Waals surface area contributed by atoms with Crippen molar-refractivity contribution in [2.45, 2.75) is 13.0 Å². The number of hydrogen-bond acceptors (Lipinski definition) is 3. The molecule has 112 valence electrons. The lowest BCUT2D eigenvalue weighted by molar-refractivity contribution is -0.116. The van der Waals surface area contributed by atoms with Crippen LogP contribution in [-0.2, 0) is 4.79 Å². The van der Waals surface area contributed by atoms with Gasteiger partial charge in [0, 0.05) is 10.7 Å². The normalized spacial score (nSPS) is 16.3. The molecule has 1 saturated heterocycles. The van der Waals surface area contributed by atoms with E-state index in [1.54, 1.807) is 17.2 Å². The zero-order chi connectivity index (χ0) is 15.7. The topological polar surface area (TPSA) is 53.5 Å². The Hall–Kier alpha value is -2.21. The van der Waals surface area contributed by atoms with Crippen molar-refractivity contribution in [1.82, 2.24) is 9.88 Å². The van der Waals surface area contributed by atoms with Gasteiger partial charge in [0.2, 0.25) is 0 Å². The summed E-state index contributed by atoms with van der Waals surface area (Å²) in [5.41, 5.74) is 1.48. The third kappa shape index (κ3) is 2.62. The first kappa shape index (κ1) is 14.7. The number of urea groups is 1. The summed E-state index contributed by atoms with van der Waals surface area (Å²) in [6.45, 7) is 1.99. The molecule has 0 aliphatic carbocycles. The molecule has 1 aromatic carbocycles. The second-order valence-corrected chi connectivity index (χ2v) is 6.00. The minimum atomic E-state index is -0.318. The molecule has 1 unspecified atom stereocenters. The van der Waals surface area contributed by atoms with Crippen LogP contribution in [0, 0.1) is 0 Å². The predicted molar refractivity (Wildman–Crippen MR) is 86.4 cm³/mol. The number of carbonyl (C=O) groups is 2. The minimum absolute atomic E-state index is 0.0708. The molecule has 3 rings (SSSR count). The number of hydrogen-bond donors (Lipinski definition) is 0. The quantitative estimate of drug-likeness (QED) is 0.789. The van der Waals surface area contributed by atoms with E-state index in [0.717, 1.165) is 10.0 Å². The van der Waals surface area contributed by atoms with Crippen LogP contribution in [0.15, 0.2) is 53.3 Å². The van der Waals surface area contributed by atoms with Gasteiger partial charge in [-0.05, 0) is 34.5 Å². The first-order valence-corrected chi connectivity index (χ1v) is 7.66. The van der Waals surface area contributed by atoms with Gasteiger partial charge in [-0.15, -0.1) is 0 Å². The van der Waals surface area contributed by atoms with Crippen molar-refractivity contribution < 1.29 is 9.59 Å². The standard InChI is InChI=1S/C16H14BrN3O2/c1-11(12-5-3-2-4-6-12)19-10-15(21)20(16(19)22)14-7-13(17)8-18-9-14/h2-9,11H,10H2,1H3. The number of imide groups is 1. The molecular formula is C16H14BrN3O2. The molecule has 1 atom stereocenters. The van der Waals surface area contributed by atoms with Gasteiger partial charge in [-0.2, -0.15) is 0 Å². The highest BCUT2D eigenvalue weighted by molar-refractivity contribution is 9.10. The summed E-state index contributed by atoms with van der Waals surface area (Å²) < 4.78 is 0.722. The molecule has 0 radical (unpaired) electrons. The Labute approximate surface area is 136 Å². The lowest BCUT2D eigenvalue weighted by Gasteiger charge is -2.24. The van der Waals surface area contributed by atoms with Crippen LogP contribution in [0.25, 0.3) is 0 Å². The molecular weight excluding hydrogens is 346 g/mol. The van der Waals surface area contributed by atoms with Crippen LogP contribution in [0.1, 0.15) is 18.5 Å². The van der Waals surface area contributed by atoms with Gasteiger partial charge in [-0.3, -0.25) is 9.78 Å². The Morgan fingerprint density at radius 1 is 1.18 bits per heavy atom. The van der Waals surface area contributed by atoms with E-state index < -0.39 is 0 Å². The number of benzene rings is 1. The van der Waals surface area contributed by atoms with E-state index in [1.165, 1.54) is 11.1 Å². The van der Waals surface area contributed by atoms with E-state index in [-0.39, 0.29) is 24.5 Å². The fourth-order valence-corrected chi connectivity index (χ4v) is 2.86. The van der Waals surface area contributed by atoms with Crippen molar-refractivity contribution in [2.75, 3.05) is 11.4 Å². The van der Waals surface area contributed by atoms with Crippen LogP contribution in [-0.4, -0.2) is 28.4 Å². The molecule has 0 saturated carbocycles. The predicted octanol–water partition coefficient (Wildman–Crippen LogP) is 3.37. The summed E-state index contributed by atoms with van der Waals surface area (Å²) in [5.74, 6) is -0.243. The number of rotatable bonds is 3. The maximum absolute atomic E-state index is 12.6. The molecule has 22 heavy (non-hydrogen) atoms. The van der Waals surface area contributed by atoms with E-state index in [9.17, 15) is 9.59 Å². The Balaban J connectivity index is 1.89. The second kappa shape index (κ2) is 5.88. The molecule has 2 heterocycles. The largest absolute Gasteiger partial charge is 0.332 e. The van der Waals surface area contributed by atoms with Crippen LogP contribution in [0.4, 0.5) is 10.5 Å². The number of pyridine rings is 1. The van der Waals surface area contributed by atoms with Crippen molar-refractivity contribution in [3.05, 3.63) is 58.8 Å². The van der Waals surface area contributed by atoms with Gasteiger partial charge in [0.1, 0.15) is 6.54 Å². The van der Waals surface area contributed by atoms with Crippen LogP contribution in [0.3, 0.4) is 0 Å². The second-order valence-electron chi connectivity index (χ2n) is 5.09. The van der Waals surface area contributed by atoms with Crippen LogP contribution in [0.2, 0.25) is 0 Å². The SMILES string of the molecule is CC(c1ccccc1)N1CC(=O)N(c2cncc(Br)c2)C1=O. The van der Waals surface area contributed by atoms with Crippen molar-refractivity contribution >= 4 is 33.6 Å². The molecule has 0 spiro atoms.